The summed E-state index contributed by atoms with van der Waals surface area (Å²) in [6, 6.07) is 14.3. The van der Waals surface area contributed by atoms with E-state index < -0.39 is 0 Å². The number of amides is 1. The fourth-order valence-electron chi connectivity index (χ4n) is 1.70. The summed E-state index contributed by atoms with van der Waals surface area (Å²) in [6.45, 7) is 0. The minimum absolute atomic E-state index is 0.188. The van der Waals surface area contributed by atoms with Crippen molar-refractivity contribution in [2.45, 2.75) is 0 Å². The first-order chi connectivity index (χ1) is 9.24. The van der Waals surface area contributed by atoms with Gasteiger partial charge in [0, 0.05) is 11.3 Å². The molecule has 0 heterocycles. The van der Waals surface area contributed by atoms with Crippen LogP contribution in [-0.4, -0.2) is 20.1 Å². The van der Waals surface area contributed by atoms with E-state index in [1.807, 2.05) is 30.3 Å². The Labute approximate surface area is 112 Å². The van der Waals surface area contributed by atoms with Gasteiger partial charge in [-0.2, -0.15) is 0 Å². The maximum absolute atomic E-state index is 12.1. The molecule has 0 aliphatic carbocycles. The molecule has 19 heavy (non-hydrogen) atoms. The van der Waals surface area contributed by atoms with Crippen molar-refractivity contribution in [3.8, 4) is 11.5 Å². The smallest absolute Gasteiger partial charge is 0.255 e. The number of nitrogens with one attached hydrogen (secondary N) is 1. The lowest BCUT2D eigenvalue weighted by molar-refractivity contribution is 0.102. The molecule has 0 saturated heterocycles. The zero-order valence-electron chi connectivity index (χ0n) is 10.8. The number of para-hydroxylation sites is 1. The summed E-state index contributed by atoms with van der Waals surface area (Å²) in [5.41, 5.74) is 1.27. The summed E-state index contributed by atoms with van der Waals surface area (Å²) >= 11 is 0. The average molecular weight is 257 g/mol. The van der Waals surface area contributed by atoms with Gasteiger partial charge in [0.05, 0.1) is 14.2 Å². The Morgan fingerprint density at radius 3 is 2.26 bits per heavy atom. The molecule has 0 aliphatic rings. The molecular weight excluding hydrogens is 242 g/mol. The Bertz CT molecular complexity index is 567. The fraction of sp³-hybridized carbons (Fsp3) is 0.133. The molecule has 0 radical (unpaired) electrons. The van der Waals surface area contributed by atoms with Crippen molar-refractivity contribution in [2.75, 3.05) is 19.5 Å². The van der Waals surface area contributed by atoms with Crippen LogP contribution >= 0.6 is 0 Å². The molecule has 1 amide bonds. The fourth-order valence-corrected chi connectivity index (χ4v) is 1.70. The lowest BCUT2D eigenvalue weighted by atomic mass is 10.2. The average Bonchev–Trinajstić information content (AvgIpc) is 2.47. The Balaban J connectivity index is 2.20. The first-order valence-electron chi connectivity index (χ1n) is 5.83. The van der Waals surface area contributed by atoms with Gasteiger partial charge in [0.15, 0.2) is 11.5 Å². The molecule has 0 unspecified atom stereocenters. The zero-order valence-corrected chi connectivity index (χ0v) is 10.8. The van der Waals surface area contributed by atoms with Crippen LogP contribution < -0.4 is 14.8 Å². The minimum Gasteiger partial charge on any atom is -0.493 e. The molecule has 0 fully saturated rings. The molecule has 1 N–H and O–H groups in total. The first kappa shape index (κ1) is 13.0. The number of rotatable bonds is 4. The molecule has 98 valence electrons. The van der Waals surface area contributed by atoms with Crippen molar-refractivity contribution < 1.29 is 14.3 Å². The van der Waals surface area contributed by atoms with Crippen molar-refractivity contribution >= 4 is 11.6 Å². The third kappa shape index (κ3) is 3.04. The van der Waals surface area contributed by atoms with Crippen LogP contribution in [0.5, 0.6) is 11.5 Å². The lowest BCUT2D eigenvalue weighted by Gasteiger charge is -2.10. The van der Waals surface area contributed by atoms with Gasteiger partial charge < -0.3 is 14.8 Å². The third-order valence-electron chi connectivity index (χ3n) is 2.68. The van der Waals surface area contributed by atoms with E-state index in [-0.39, 0.29) is 5.91 Å². The highest BCUT2D eigenvalue weighted by Crippen LogP contribution is 2.27. The largest absolute Gasteiger partial charge is 0.493 e. The second kappa shape index (κ2) is 5.91. The van der Waals surface area contributed by atoms with Crippen LogP contribution in [0.3, 0.4) is 0 Å². The summed E-state index contributed by atoms with van der Waals surface area (Å²) in [4.78, 5) is 12.1. The molecular formula is C15H15NO3. The molecule has 0 atom stereocenters. The summed E-state index contributed by atoms with van der Waals surface area (Å²) in [7, 11) is 3.10. The van der Waals surface area contributed by atoms with E-state index in [1.54, 1.807) is 25.3 Å². The Morgan fingerprint density at radius 1 is 0.947 bits per heavy atom. The monoisotopic (exact) mass is 257 g/mol. The number of benzene rings is 2. The second-order valence-corrected chi connectivity index (χ2v) is 3.89. The van der Waals surface area contributed by atoms with Gasteiger partial charge in [0.2, 0.25) is 0 Å². The Kier molecular flexibility index (Phi) is 4.03. The van der Waals surface area contributed by atoms with Crippen LogP contribution in [0.15, 0.2) is 48.5 Å². The summed E-state index contributed by atoms with van der Waals surface area (Å²) in [6.07, 6.45) is 0. The van der Waals surface area contributed by atoms with Gasteiger partial charge >= 0.3 is 0 Å². The highest BCUT2D eigenvalue weighted by atomic mass is 16.5. The number of anilines is 1. The molecule has 2 aromatic carbocycles. The van der Waals surface area contributed by atoms with Crippen molar-refractivity contribution in [3.05, 3.63) is 54.1 Å². The SMILES string of the molecule is COc1ccc(C(=O)Nc2ccccc2)cc1OC. The van der Waals surface area contributed by atoms with E-state index in [1.165, 1.54) is 7.11 Å². The van der Waals surface area contributed by atoms with Crippen molar-refractivity contribution in [2.24, 2.45) is 0 Å². The molecule has 0 aliphatic heterocycles. The molecule has 0 saturated carbocycles. The van der Waals surface area contributed by atoms with E-state index >= 15 is 0 Å². The number of ether oxygens (including phenoxy) is 2. The molecule has 0 spiro atoms. The molecule has 4 heteroatoms. The number of methoxy groups -OCH3 is 2. The number of hydrogen-bond acceptors (Lipinski definition) is 3. The standard InChI is InChI=1S/C15H15NO3/c1-18-13-9-8-11(10-14(13)19-2)15(17)16-12-6-4-3-5-7-12/h3-10H,1-2H3,(H,16,17). The van der Waals surface area contributed by atoms with Gasteiger partial charge in [0.25, 0.3) is 5.91 Å². The van der Waals surface area contributed by atoms with Crippen LogP contribution in [-0.2, 0) is 0 Å². The van der Waals surface area contributed by atoms with Gasteiger partial charge in [-0.1, -0.05) is 18.2 Å². The van der Waals surface area contributed by atoms with Crippen LogP contribution in [0.2, 0.25) is 0 Å². The Morgan fingerprint density at radius 2 is 1.63 bits per heavy atom. The predicted molar refractivity (Wildman–Crippen MR) is 73.9 cm³/mol. The normalized spacial score (nSPS) is 9.79. The van der Waals surface area contributed by atoms with Crippen LogP contribution in [0.1, 0.15) is 10.4 Å². The predicted octanol–water partition coefficient (Wildman–Crippen LogP) is 2.96. The lowest BCUT2D eigenvalue weighted by Crippen LogP contribution is -2.11. The van der Waals surface area contributed by atoms with E-state index in [0.29, 0.717) is 17.1 Å². The van der Waals surface area contributed by atoms with Gasteiger partial charge in [-0.3, -0.25) is 4.79 Å². The zero-order chi connectivity index (χ0) is 13.7. The van der Waals surface area contributed by atoms with Crippen molar-refractivity contribution in [3.63, 3.8) is 0 Å². The van der Waals surface area contributed by atoms with E-state index in [9.17, 15) is 4.79 Å². The van der Waals surface area contributed by atoms with Gasteiger partial charge in [-0.15, -0.1) is 0 Å². The second-order valence-electron chi connectivity index (χ2n) is 3.89. The maximum atomic E-state index is 12.1. The topological polar surface area (TPSA) is 47.6 Å². The summed E-state index contributed by atoms with van der Waals surface area (Å²) in [5, 5.41) is 2.81. The first-order valence-corrected chi connectivity index (χ1v) is 5.83. The molecule has 2 rings (SSSR count). The number of hydrogen-bond donors (Lipinski definition) is 1. The summed E-state index contributed by atoms with van der Waals surface area (Å²) in [5.74, 6) is 0.939. The van der Waals surface area contributed by atoms with E-state index in [0.717, 1.165) is 5.69 Å². The third-order valence-corrected chi connectivity index (χ3v) is 2.68. The van der Waals surface area contributed by atoms with E-state index in [2.05, 4.69) is 5.32 Å². The van der Waals surface area contributed by atoms with Gasteiger partial charge in [-0.05, 0) is 30.3 Å². The maximum Gasteiger partial charge on any atom is 0.255 e. The quantitative estimate of drug-likeness (QED) is 0.916. The highest BCUT2D eigenvalue weighted by Gasteiger charge is 2.10. The van der Waals surface area contributed by atoms with Crippen molar-refractivity contribution in [1.29, 1.82) is 0 Å². The number of carbonyl (C=O) groups excluding carboxylic acids is 1. The highest BCUT2D eigenvalue weighted by molar-refractivity contribution is 6.04. The van der Waals surface area contributed by atoms with Crippen LogP contribution in [0.25, 0.3) is 0 Å². The number of carbonyl (C=O) groups is 1. The van der Waals surface area contributed by atoms with E-state index in [4.69, 9.17) is 9.47 Å². The molecule has 0 bridgehead atoms. The molecule has 0 aromatic heterocycles. The van der Waals surface area contributed by atoms with Crippen LogP contribution in [0.4, 0.5) is 5.69 Å². The minimum atomic E-state index is -0.188. The summed E-state index contributed by atoms with van der Waals surface area (Å²) < 4.78 is 10.3. The van der Waals surface area contributed by atoms with Gasteiger partial charge in [0.1, 0.15) is 0 Å². The molecule has 2 aromatic rings. The van der Waals surface area contributed by atoms with Gasteiger partial charge in [-0.25, -0.2) is 0 Å². The van der Waals surface area contributed by atoms with Crippen LogP contribution in [0, 0.1) is 0 Å². The Hall–Kier alpha value is -2.49. The van der Waals surface area contributed by atoms with Crippen molar-refractivity contribution in [1.82, 2.24) is 0 Å². The molecule has 4 nitrogen and oxygen atoms in total.